The molecule has 17 heavy (non-hydrogen) atoms. The van der Waals surface area contributed by atoms with Crippen LogP contribution in [-0.4, -0.2) is 15.0 Å². The summed E-state index contributed by atoms with van der Waals surface area (Å²) in [5.41, 5.74) is 0. The molecule has 92 valence electrons. The predicted molar refractivity (Wildman–Crippen MR) is 62.8 cm³/mol. The van der Waals surface area contributed by atoms with Crippen LogP contribution < -0.4 is 0 Å². The van der Waals surface area contributed by atoms with Gasteiger partial charge in [-0.05, 0) is 18.4 Å². The quantitative estimate of drug-likeness (QED) is 0.645. The van der Waals surface area contributed by atoms with Crippen molar-refractivity contribution in [2.45, 2.75) is 11.8 Å². The van der Waals surface area contributed by atoms with E-state index in [1.807, 2.05) is 24.3 Å². The standard InChI is InChI=1S/C12H12O3S.Fe/c1-2-15-16(13,14)12-9-5-7-10-6-3-4-8-11(10)12;/h3-9H,2H2,1H3;. The summed E-state index contributed by atoms with van der Waals surface area (Å²) in [5.74, 6) is 0. The fraction of sp³-hybridized carbons (Fsp3) is 0.167. The molecule has 0 aliphatic heterocycles. The van der Waals surface area contributed by atoms with E-state index in [-0.39, 0.29) is 28.6 Å². The van der Waals surface area contributed by atoms with Gasteiger partial charge in [-0.15, -0.1) is 0 Å². The summed E-state index contributed by atoms with van der Waals surface area (Å²) < 4.78 is 28.4. The molecule has 2 aromatic carbocycles. The van der Waals surface area contributed by atoms with Crippen LogP contribution in [0.15, 0.2) is 47.4 Å². The van der Waals surface area contributed by atoms with Crippen molar-refractivity contribution >= 4 is 20.9 Å². The van der Waals surface area contributed by atoms with Crippen molar-refractivity contribution in [3.8, 4) is 0 Å². The minimum absolute atomic E-state index is 0. The molecular formula is C12H12FeO3S. The molecule has 0 aromatic heterocycles. The summed E-state index contributed by atoms with van der Waals surface area (Å²) >= 11 is 0. The van der Waals surface area contributed by atoms with Crippen molar-refractivity contribution in [1.82, 2.24) is 0 Å². The van der Waals surface area contributed by atoms with Crippen molar-refractivity contribution in [3.63, 3.8) is 0 Å². The number of hydrogen-bond donors (Lipinski definition) is 0. The zero-order valence-corrected chi connectivity index (χ0v) is 11.2. The van der Waals surface area contributed by atoms with Crippen LogP contribution in [0.1, 0.15) is 6.92 Å². The second-order valence-corrected chi connectivity index (χ2v) is 4.92. The molecule has 0 fully saturated rings. The molecule has 2 aromatic rings. The minimum Gasteiger partial charge on any atom is -0.267 e. The molecule has 0 radical (unpaired) electrons. The molecule has 0 spiro atoms. The third-order valence-electron chi connectivity index (χ3n) is 2.29. The van der Waals surface area contributed by atoms with Crippen LogP contribution in [-0.2, 0) is 31.4 Å². The average Bonchev–Trinajstić information content (AvgIpc) is 2.28. The summed E-state index contributed by atoms with van der Waals surface area (Å²) in [5, 5.41) is 1.58. The number of fused-ring (bicyclic) bond motifs is 1. The van der Waals surface area contributed by atoms with Crippen molar-refractivity contribution in [3.05, 3.63) is 42.5 Å². The summed E-state index contributed by atoms with van der Waals surface area (Å²) in [6, 6.07) is 12.5. The van der Waals surface area contributed by atoms with Crippen LogP contribution in [0.5, 0.6) is 0 Å². The van der Waals surface area contributed by atoms with Gasteiger partial charge in [0.2, 0.25) is 0 Å². The third kappa shape index (κ3) is 2.87. The second kappa shape index (κ2) is 5.65. The Morgan fingerprint density at radius 3 is 2.41 bits per heavy atom. The Kier molecular flexibility index (Phi) is 4.71. The van der Waals surface area contributed by atoms with E-state index in [1.54, 1.807) is 25.1 Å². The van der Waals surface area contributed by atoms with E-state index >= 15 is 0 Å². The van der Waals surface area contributed by atoms with Crippen molar-refractivity contribution in [2.75, 3.05) is 6.61 Å². The maximum Gasteiger partial charge on any atom is 0.297 e. The van der Waals surface area contributed by atoms with E-state index in [2.05, 4.69) is 0 Å². The molecule has 3 nitrogen and oxygen atoms in total. The Bertz CT molecular complexity index is 603. The molecule has 5 heteroatoms. The van der Waals surface area contributed by atoms with Crippen molar-refractivity contribution in [1.29, 1.82) is 0 Å². The van der Waals surface area contributed by atoms with Gasteiger partial charge < -0.3 is 0 Å². The zero-order chi connectivity index (χ0) is 11.6. The van der Waals surface area contributed by atoms with Crippen LogP contribution in [0.2, 0.25) is 0 Å². The normalized spacial score (nSPS) is 11.1. The maximum absolute atomic E-state index is 11.8. The molecular weight excluding hydrogens is 280 g/mol. The van der Waals surface area contributed by atoms with Gasteiger partial charge >= 0.3 is 0 Å². The Balaban J connectivity index is 0.00000144. The molecule has 0 aliphatic rings. The van der Waals surface area contributed by atoms with E-state index in [0.29, 0.717) is 5.39 Å². The molecule has 0 bridgehead atoms. The smallest absolute Gasteiger partial charge is 0.267 e. The second-order valence-electron chi connectivity index (χ2n) is 3.34. The molecule has 0 aliphatic carbocycles. The van der Waals surface area contributed by atoms with Crippen LogP contribution in [0.3, 0.4) is 0 Å². The fourth-order valence-electron chi connectivity index (χ4n) is 1.63. The van der Waals surface area contributed by atoms with E-state index < -0.39 is 10.1 Å². The molecule has 0 unspecified atom stereocenters. The predicted octanol–water partition coefficient (Wildman–Crippen LogP) is 2.56. The molecule has 0 N–H and O–H groups in total. The molecule has 0 saturated heterocycles. The van der Waals surface area contributed by atoms with E-state index in [1.165, 1.54) is 0 Å². The van der Waals surface area contributed by atoms with Gasteiger partial charge in [0.25, 0.3) is 10.1 Å². The average molecular weight is 292 g/mol. The largest absolute Gasteiger partial charge is 0.297 e. The topological polar surface area (TPSA) is 43.4 Å². The SMILES string of the molecule is CCOS(=O)(=O)c1cccc2ccccc12.[Fe]. The summed E-state index contributed by atoms with van der Waals surface area (Å²) in [6.07, 6.45) is 0. The third-order valence-corrected chi connectivity index (χ3v) is 3.73. The van der Waals surface area contributed by atoms with E-state index in [9.17, 15) is 8.42 Å². The number of rotatable bonds is 3. The Labute approximate surface area is 111 Å². The van der Waals surface area contributed by atoms with Gasteiger partial charge in [-0.3, -0.25) is 4.18 Å². The number of hydrogen-bond acceptors (Lipinski definition) is 3. The Hall–Kier alpha value is -0.871. The van der Waals surface area contributed by atoms with Crippen LogP contribution in [0, 0.1) is 0 Å². The van der Waals surface area contributed by atoms with Gasteiger partial charge in [0.1, 0.15) is 4.90 Å². The Morgan fingerprint density at radius 1 is 1.06 bits per heavy atom. The van der Waals surface area contributed by atoms with Gasteiger partial charge in [0, 0.05) is 22.5 Å². The summed E-state index contributed by atoms with van der Waals surface area (Å²) in [7, 11) is -3.64. The molecule has 0 atom stereocenters. The van der Waals surface area contributed by atoms with Crippen LogP contribution >= 0.6 is 0 Å². The van der Waals surface area contributed by atoms with Gasteiger partial charge in [0.05, 0.1) is 6.61 Å². The first-order valence-corrected chi connectivity index (χ1v) is 6.43. The van der Waals surface area contributed by atoms with Gasteiger partial charge in [-0.2, -0.15) is 8.42 Å². The molecule has 0 saturated carbocycles. The Morgan fingerprint density at radius 2 is 1.71 bits per heavy atom. The van der Waals surface area contributed by atoms with E-state index in [0.717, 1.165) is 5.39 Å². The first kappa shape index (κ1) is 14.2. The van der Waals surface area contributed by atoms with Gasteiger partial charge in [-0.1, -0.05) is 36.4 Å². The van der Waals surface area contributed by atoms with Gasteiger partial charge in [0.15, 0.2) is 0 Å². The molecule has 2 rings (SSSR count). The first-order chi connectivity index (χ1) is 7.65. The number of benzene rings is 2. The fourth-order valence-corrected chi connectivity index (χ4v) is 2.77. The zero-order valence-electron chi connectivity index (χ0n) is 9.24. The first-order valence-electron chi connectivity index (χ1n) is 5.02. The van der Waals surface area contributed by atoms with Crippen molar-refractivity contribution in [2.24, 2.45) is 0 Å². The molecule has 0 heterocycles. The van der Waals surface area contributed by atoms with Crippen LogP contribution in [0.4, 0.5) is 0 Å². The van der Waals surface area contributed by atoms with Crippen LogP contribution in [0.25, 0.3) is 10.8 Å². The monoisotopic (exact) mass is 292 g/mol. The van der Waals surface area contributed by atoms with Gasteiger partial charge in [-0.25, -0.2) is 0 Å². The van der Waals surface area contributed by atoms with Crippen molar-refractivity contribution < 1.29 is 29.7 Å². The molecule has 0 amide bonds. The summed E-state index contributed by atoms with van der Waals surface area (Å²) in [6.45, 7) is 1.80. The maximum atomic E-state index is 11.8. The summed E-state index contributed by atoms with van der Waals surface area (Å²) in [4.78, 5) is 0.229. The van der Waals surface area contributed by atoms with E-state index in [4.69, 9.17) is 4.18 Å². The minimum atomic E-state index is -3.64.